The first-order valence-electron chi connectivity index (χ1n) is 17.9. The van der Waals surface area contributed by atoms with Gasteiger partial charge in [-0.15, -0.1) is 18.9 Å². The Kier molecular flexibility index (Phi) is 12.5. The first kappa shape index (κ1) is 41.5. The summed E-state index contributed by atoms with van der Waals surface area (Å²) in [5, 5.41) is 11.0. The van der Waals surface area contributed by atoms with Crippen molar-refractivity contribution in [1.29, 1.82) is 0 Å². The van der Waals surface area contributed by atoms with Gasteiger partial charge < -0.3 is 26.2 Å². The van der Waals surface area contributed by atoms with Gasteiger partial charge in [0.25, 0.3) is 16.1 Å². The lowest BCUT2D eigenvalue weighted by Crippen LogP contribution is -2.62. The van der Waals surface area contributed by atoms with Gasteiger partial charge in [-0.1, -0.05) is 65.0 Å². The van der Waals surface area contributed by atoms with E-state index in [1.54, 1.807) is 0 Å². The molecule has 1 aliphatic heterocycles. The smallest absolute Gasteiger partial charge is 0.315 e. The number of Topliss-reactive ketones (excluding diaryl/α,β-unsaturated/α-hetero) is 1. The van der Waals surface area contributed by atoms with E-state index in [2.05, 4.69) is 33.8 Å². The standard InChI is InChI=1S/C38H55N7O7S/c1-11-15-27(32(46)34(48)39-18-12-2)40-33(47)31-29-26(38(29,6)7)21-45(31)35(49)30(25-19-23-16-13-14-17-24(23)20-25)42-36(50)41-28(37(3,4)5)22-44(10)53(51,52)43(8)9/h1,12-14,16-17,25-31H,2,15,18-22H2,3-10H3,(H,39,48)(H,40,47)(H2,41,42,50)/t26-,27?,28+,29-,30-,31-/m0/s1. The van der Waals surface area contributed by atoms with E-state index in [4.69, 9.17) is 6.42 Å². The minimum Gasteiger partial charge on any atom is -0.346 e. The molecule has 1 saturated carbocycles. The van der Waals surface area contributed by atoms with E-state index in [0.29, 0.717) is 12.8 Å². The molecule has 4 N–H and O–H groups in total. The number of amides is 5. The number of piperidine rings is 1. The van der Waals surface area contributed by atoms with Gasteiger partial charge >= 0.3 is 6.03 Å². The summed E-state index contributed by atoms with van der Waals surface area (Å²) in [5.74, 6) is -1.07. The molecule has 15 heteroatoms. The zero-order valence-corrected chi connectivity index (χ0v) is 32.9. The number of likely N-dealkylation sites (tertiary alicyclic amines) is 1. The van der Waals surface area contributed by atoms with Crippen molar-refractivity contribution >= 4 is 39.7 Å². The maximum atomic E-state index is 14.8. The summed E-state index contributed by atoms with van der Waals surface area (Å²) in [4.78, 5) is 69.8. The number of nitrogens with one attached hydrogen (secondary N) is 4. The van der Waals surface area contributed by atoms with Crippen LogP contribution in [0.3, 0.4) is 0 Å². The second-order valence-corrected chi connectivity index (χ2v) is 18.5. The summed E-state index contributed by atoms with van der Waals surface area (Å²) < 4.78 is 27.9. The highest BCUT2D eigenvalue weighted by Crippen LogP contribution is 2.65. The number of likely N-dealkylation sites (N-methyl/N-ethyl adjacent to an activating group) is 1. The average Bonchev–Trinajstić information content (AvgIpc) is 3.43. The first-order valence-corrected chi connectivity index (χ1v) is 19.3. The van der Waals surface area contributed by atoms with Crippen LogP contribution in [0, 0.1) is 40.9 Å². The van der Waals surface area contributed by atoms with Gasteiger partial charge in [0.1, 0.15) is 18.1 Å². The zero-order chi connectivity index (χ0) is 39.6. The lowest BCUT2D eigenvalue weighted by atomic mass is 9.86. The fourth-order valence-corrected chi connectivity index (χ4v) is 8.60. The summed E-state index contributed by atoms with van der Waals surface area (Å²) in [6.45, 7) is 13.5. The van der Waals surface area contributed by atoms with Crippen LogP contribution in [0.1, 0.15) is 52.2 Å². The van der Waals surface area contributed by atoms with Crippen LogP contribution in [-0.2, 0) is 42.2 Å². The molecular weight excluding hydrogens is 699 g/mol. The topological polar surface area (TPSA) is 177 Å². The average molecular weight is 754 g/mol. The number of terminal acetylenes is 1. The molecule has 0 radical (unpaired) electrons. The van der Waals surface area contributed by atoms with Crippen molar-refractivity contribution in [3.8, 4) is 12.3 Å². The molecular formula is C38H55N7O7S. The van der Waals surface area contributed by atoms with E-state index in [1.807, 2.05) is 58.9 Å². The molecule has 0 aromatic heterocycles. The zero-order valence-electron chi connectivity index (χ0n) is 32.1. The Morgan fingerprint density at radius 3 is 2.19 bits per heavy atom. The van der Waals surface area contributed by atoms with Crippen molar-refractivity contribution < 1.29 is 32.4 Å². The van der Waals surface area contributed by atoms with Gasteiger partial charge in [-0.25, -0.2) is 4.79 Å². The molecule has 1 aromatic carbocycles. The molecule has 4 rings (SSSR count). The third-order valence-electron chi connectivity index (χ3n) is 11.1. The number of benzene rings is 1. The predicted octanol–water partition coefficient (Wildman–Crippen LogP) is 1.08. The summed E-state index contributed by atoms with van der Waals surface area (Å²) in [5.41, 5.74) is 1.28. The Morgan fingerprint density at radius 1 is 1.06 bits per heavy atom. The van der Waals surface area contributed by atoms with Gasteiger partial charge in [0.2, 0.25) is 17.6 Å². The molecule has 6 atom stereocenters. The molecule has 3 aliphatic rings. The van der Waals surface area contributed by atoms with Crippen LogP contribution >= 0.6 is 0 Å². The molecule has 1 unspecified atom stereocenters. The van der Waals surface area contributed by atoms with E-state index in [1.165, 1.54) is 36.4 Å². The summed E-state index contributed by atoms with van der Waals surface area (Å²) >= 11 is 0. The lowest BCUT2D eigenvalue weighted by molar-refractivity contribution is -0.144. The Morgan fingerprint density at radius 2 is 1.66 bits per heavy atom. The second-order valence-electron chi connectivity index (χ2n) is 16.2. The Hall–Kier alpha value is -4.26. The molecule has 14 nitrogen and oxygen atoms in total. The minimum absolute atomic E-state index is 0.00502. The van der Waals surface area contributed by atoms with Gasteiger partial charge in [0.05, 0.1) is 0 Å². The molecule has 0 spiro atoms. The van der Waals surface area contributed by atoms with E-state index in [9.17, 15) is 32.4 Å². The first-order chi connectivity index (χ1) is 24.7. The van der Waals surface area contributed by atoms with Gasteiger partial charge in [-0.2, -0.15) is 17.0 Å². The fraction of sp³-hybridized carbons (Fsp3) is 0.605. The summed E-state index contributed by atoms with van der Waals surface area (Å²) in [7, 11) is 0.527. The molecule has 0 bridgehead atoms. The number of hydrogen-bond acceptors (Lipinski definition) is 7. The molecule has 290 valence electrons. The van der Waals surface area contributed by atoms with E-state index < -0.39 is 69.3 Å². The second kappa shape index (κ2) is 16.0. The Balaban J connectivity index is 1.62. The third-order valence-corrected chi connectivity index (χ3v) is 13.0. The largest absolute Gasteiger partial charge is 0.346 e. The number of hydrogen-bond donors (Lipinski definition) is 4. The van der Waals surface area contributed by atoms with Crippen LogP contribution in [0.15, 0.2) is 36.9 Å². The number of urea groups is 1. The Labute approximate surface area is 314 Å². The molecule has 2 fully saturated rings. The molecule has 2 aliphatic carbocycles. The Bertz CT molecular complexity index is 1740. The van der Waals surface area contributed by atoms with Crippen molar-refractivity contribution in [1.82, 2.24) is 34.8 Å². The van der Waals surface area contributed by atoms with Gasteiger partial charge in [-0.05, 0) is 52.6 Å². The number of carbonyl (C=O) groups is 5. The van der Waals surface area contributed by atoms with Crippen LogP contribution in [-0.4, -0.2) is 116 Å². The maximum absolute atomic E-state index is 14.8. The molecule has 53 heavy (non-hydrogen) atoms. The quantitative estimate of drug-likeness (QED) is 0.118. The summed E-state index contributed by atoms with van der Waals surface area (Å²) in [6, 6.07) is 3.21. The number of ketones is 1. The van der Waals surface area contributed by atoms with E-state index >= 15 is 0 Å². The highest BCUT2D eigenvalue weighted by Gasteiger charge is 2.70. The van der Waals surface area contributed by atoms with Crippen molar-refractivity contribution in [2.45, 2.75) is 78.0 Å². The van der Waals surface area contributed by atoms with Crippen molar-refractivity contribution in [3.05, 3.63) is 48.0 Å². The normalized spacial score (nSPS) is 22.1. The van der Waals surface area contributed by atoms with Crippen LogP contribution in [0.5, 0.6) is 0 Å². The SMILES string of the molecule is C#CCC(NC(=O)[C@@H]1[C@@H]2[C@H](CN1C(=O)[C@@H](NC(=O)N[C@H](CN(C)S(=O)(=O)N(C)C)C(C)(C)C)C1Cc3ccccc3C1)C2(C)C)C(=O)C(=O)NCC=C. The monoisotopic (exact) mass is 753 g/mol. The maximum Gasteiger partial charge on any atom is 0.315 e. The highest BCUT2D eigenvalue weighted by atomic mass is 32.2. The third kappa shape index (κ3) is 8.93. The lowest BCUT2D eigenvalue weighted by Gasteiger charge is -2.37. The van der Waals surface area contributed by atoms with E-state index in [-0.39, 0.29) is 49.2 Å². The summed E-state index contributed by atoms with van der Waals surface area (Å²) in [6.07, 6.45) is 7.74. The number of nitrogens with zero attached hydrogens (tertiary/aromatic N) is 3. The van der Waals surface area contributed by atoms with Gasteiger partial charge in [0, 0.05) is 53.2 Å². The molecule has 1 saturated heterocycles. The van der Waals surface area contributed by atoms with Crippen molar-refractivity contribution in [2.75, 3.05) is 40.8 Å². The van der Waals surface area contributed by atoms with Gasteiger partial charge in [-0.3, -0.25) is 19.2 Å². The predicted molar refractivity (Wildman–Crippen MR) is 201 cm³/mol. The highest BCUT2D eigenvalue weighted by molar-refractivity contribution is 7.86. The molecule has 1 aromatic rings. The number of carbonyl (C=O) groups excluding carboxylic acids is 5. The van der Waals surface area contributed by atoms with Gasteiger partial charge in [0.15, 0.2) is 0 Å². The minimum atomic E-state index is -3.77. The molecule has 5 amide bonds. The van der Waals surface area contributed by atoms with Crippen LogP contribution in [0.4, 0.5) is 4.79 Å². The fourth-order valence-electron chi connectivity index (χ4n) is 7.70. The number of rotatable bonds is 15. The van der Waals surface area contributed by atoms with E-state index in [0.717, 1.165) is 15.4 Å². The number of fused-ring (bicyclic) bond motifs is 2. The van der Waals surface area contributed by atoms with Crippen molar-refractivity contribution in [3.63, 3.8) is 0 Å². The van der Waals surface area contributed by atoms with Crippen molar-refractivity contribution in [2.24, 2.45) is 28.6 Å². The molecule has 1 heterocycles. The van der Waals surface area contributed by atoms with Crippen LogP contribution < -0.4 is 21.3 Å². The van der Waals surface area contributed by atoms with Crippen LogP contribution in [0.25, 0.3) is 0 Å². The van der Waals surface area contributed by atoms with Crippen LogP contribution in [0.2, 0.25) is 0 Å².